The summed E-state index contributed by atoms with van der Waals surface area (Å²) in [6, 6.07) is 15.4. The molecule has 4 rings (SSSR count). The average molecular weight is 422 g/mol. The minimum Gasteiger partial charge on any atom is -0.480 e. The Morgan fingerprint density at radius 2 is 1.58 bits per heavy atom. The molecule has 5 heteroatoms. The molecule has 0 unspecified atom stereocenters. The fraction of sp³-hybridized carbons (Fsp3) is 0.462. The molecular weight excluding hydrogens is 390 g/mol. The van der Waals surface area contributed by atoms with Crippen LogP contribution < -0.4 is 5.32 Å². The quantitative estimate of drug-likeness (QED) is 0.571. The zero-order valence-electron chi connectivity index (χ0n) is 17.9. The molecule has 2 aromatic carbocycles. The first-order chi connectivity index (χ1) is 15.1. The molecular formula is C26H31NO4. The van der Waals surface area contributed by atoms with Gasteiger partial charge in [-0.25, -0.2) is 9.59 Å². The van der Waals surface area contributed by atoms with Crippen LogP contribution in [0.1, 0.15) is 68.4 Å². The molecule has 0 aliphatic heterocycles. The Bertz CT molecular complexity index is 874. The van der Waals surface area contributed by atoms with E-state index in [0.717, 1.165) is 24.0 Å². The number of alkyl carbamates (subject to hydrolysis) is 1. The molecule has 5 nitrogen and oxygen atoms in total. The number of fused-ring (bicyclic) bond motifs is 3. The Balaban J connectivity index is 1.31. The molecule has 2 N–H and O–H groups in total. The van der Waals surface area contributed by atoms with Crippen molar-refractivity contribution in [2.75, 3.05) is 6.61 Å². The lowest BCUT2D eigenvalue weighted by molar-refractivity contribution is -0.139. The van der Waals surface area contributed by atoms with Crippen LogP contribution in [0.2, 0.25) is 0 Å². The van der Waals surface area contributed by atoms with Gasteiger partial charge in [-0.15, -0.1) is 0 Å². The topological polar surface area (TPSA) is 75.6 Å². The van der Waals surface area contributed by atoms with Crippen LogP contribution in [0.4, 0.5) is 4.79 Å². The lowest BCUT2D eigenvalue weighted by Gasteiger charge is -2.22. The first-order valence-corrected chi connectivity index (χ1v) is 11.5. The van der Waals surface area contributed by atoms with Crippen LogP contribution in [0.25, 0.3) is 11.1 Å². The highest BCUT2D eigenvalue weighted by Crippen LogP contribution is 2.44. The van der Waals surface area contributed by atoms with E-state index in [-0.39, 0.29) is 12.5 Å². The lowest BCUT2D eigenvalue weighted by Crippen LogP contribution is -2.41. The highest BCUT2D eigenvalue weighted by Gasteiger charge is 2.29. The minimum atomic E-state index is -1.00. The molecule has 2 aromatic rings. The first kappa shape index (κ1) is 21.4. The van der Waals surface area contributed by atoms with Crippen molar-refractivity contribution in [2.24, 2.45) is 5.92 Å². The number of carbonyl (C=O) groups is 2. The van der Waals surface area contributed by atoms with Crippen LogP contribution in [0.3, 0.4) is 0 Å². The van der Waals surface area contributed by atoms with Crippen molar-refractivity contribution in [3.8, 4) is 11.1 Å². The Kier molecular flexibility index (Phi) is 6.90. The Morgan fingerprint density at radius 3 is 2.19 bits per heavy atom. The zero-order chi connectivity index (χ0) is 21.6. The van der Waals surface area contributed by atoms with Gasteiger partial charge in [0.2, 0.25) is 0 Å². The molecule has 1 atom stereocenters. The van der Waals surface area contributed by atoms with Gasteiger partial charge in [-0.05, 0) is 34.6 Å². The number of benzene rings is 2. The highest BCUT2D eigenvalue weighted by molar-refractivity contribution is 5.81. The molecule has 2 aliphatic rings. The number of hydrogen-bond donors (Lipinski definition) is 2. The van der Waals surface area contributed by atoms with E-state index in [9.17, 15) is 14.7 Å². The molecule has 0 bridgehead atoms. The number of amides is 1. The number of ether oxygens (including phenoxy) is 1. The monoisotopic (exact) mass is 421 g/mol. The van der Waals surface area contributed by atoms with Crippen molar-refractivity contribution < 1.29 is 19.4 Å². The van der Waals surface area contributed by atoms with E-state index in [1.807, 2.05) is 24.3 Å². The van der Waals surface area contributed by atoms with Gasteiger partial charge in [-0.2, -0.15) is 0 Å². The fourth-order valence-electron chi connectivity index (χ4n) is 5.13. The van der Waals surface area contributed by atoms with Gasteiger partial charge in [-0.1, -0.05) is 93.5 Å². The lowest BCUT2D eigenvalue weighted by atomic mass is 9.85. The Morgan fingerprint density at radius 1 is 0.968 bits per heavy atom. The molecule has 164 valence electrons. The van der Waals surface area contributed by atoms with Gasteiger partial charge in [0.15, 0.2) is 0 Å². The maximum Gasteiger partial charge on any atom is 0.407 e. The van der Waals surface area contributed by atoms with Gasteiger partial charge in [0, 0.05) is 5.92 Å². The predicted octanol–water partition coefficient (Wildman–Crippen LogP) is 5.73. The molecule has 0 spiro atoms. The van der Waals surface area contributed by atoms with Crippen molar-refractivity contribution >= 4 is 12.1 Å². The largest absolute Gasteiger partial charge is 0.480 e. The maximum atomic E-state index is 12.4. The summed E-state index contributed by atoms with van der Waals surface area (Å²) in [6.45, 7) is 0.189. The number of carboxylic acids is 1. The van der Waals surface area contributed by atoms with Gasteiger partial charge < -0.3 is 15.2 Å². The van der Waals surface area contributed by atoms with Crippen LogP contribution in [-0.2, 0) is 9.53 Å². The van der Waals surface area contributed by atoms with Crippen LogP contribution in [0.5, 0.6) is 0 Å². The number of carbonyl (C=O) groups excluding carboxylic acids is 1. The average Bonchev–Trinajstić information content (AvgIpc) is 3.11. The summed E-state index contributed by atoms with van der Waals surface area (Å²) in [5.41, 5.74) is 4.61. The van der Waals surface area contributed by atoms with E-state index in [4.69, 9.17) is 4.74 Å². The molecule has 31 heavy (non-hydrogen) atoms. The number of hydrogen-bond acceptors (Lipinski definition) is 3. The summed E-state index contributed by atoms with van der Waals surface area (Å²) in [4.78, 5) is 24.0. The summed E-state index contributed by atoms with van der Waals surface area (Å²) in [5, 5.41) is 12.1. The molecule has 0 saturated heterocycles. The standard InChI is InChI=1S/C26H31NO4/c28-25(29)24(16-8-11-18-9-2-1-3-10-18)27-26(30)31-17-23-21-14-6-4-12-19(21)20-13-5-7-15-22(20)23/h4-7,12-15,18,23-24H,1-3,8-11,16-17H2,(H,27,30)(H,28,29)/t24-/m0/s1. The smallest absolute Gasteiger partial charge is 0.407 e. The van der Waals surface area contributed by atoms with Gasteiger partial charge >= 0.3 is 12.1 Å². The molecule has 2 aliphatic carbocycles. The van der Waals surface area contributed by atoms with Gasteiger partial charge in [-0.3, -0.25) is 0 Å². The molecule has 1 fully saturated rings. The summed E-state index contributed by atoms with van der Waals surface area (Å²) in [6.07, 6.45) is 8.01. The molecule has 0 aromatic heterocycles. The molecule has 1 amide bonds. The van der Waals surface area contributed by atoms with Crippen molar-refractivity contribution in [3.05, 3.63) is 59.7 Å². The van der Waals surface area contributed by atoms with E-state index < -0.39 is 18.1 Å². The van der Waals surface area contributed by atoms with E-state index in [0.29, 0.717) is 12.3 Å². The zero-order valence-corrected chi connectivity index (χ0v) is 17.9. The third-order valence-electron chi connectivity index (χ3n) is 6.76. The second kappa shape index (κ2) is 9.99. The van der Waals surface area contributed by atoms with E-state index >= 15 is 0 Å². The van der Waals surface area contributed by atoms with E-state index in [2.05, 4.69) is 29.6 Å². The van der Waals surface area contributed by atoms with Crippen molar-refractivity contribution in [3.63, 3.8) is 0 Å². The van der Waals surface area contributed by atoms with Crippen LogP contribution in [-0.4, -0.2) is 29.8 Å². The van der Waals surface area contributed by atoms with E-state index in [1.54, 1.807) is 0 Å². The summed E-state index contributed by atoms with van der Waals surface area (Å²) < 4.78 is 5.50. The third kappa shape index (κ3) is 5.09. The summed E-state index contributed by atoms with van der Waals surface area (Å²) in [5.74, 6) is -0.331. The van der Waals surface area contributed by atoms with Crippen LogP contribution in [0.15, 0.2) is 48.5 Å². The number of aliphatic carboxylic acids is 1. The Labute approximate surface area is 183 Å². The van der Waals surface area contributed by atoms with Crippen LogP contribution >= 0.6 is 0 Å². The maximum absolute atomic E-state index is 12.4. The highest BCUT2D eigenvalue weighted by atomic mass is 16.5. The molecule has 1 saturated carbocycles. The van der Waals surface area contributed by atoms with Crippen molar-refractivity contribution in [1.82, 2.24) is 5.32 Å². The van der Waals surface area contributed by atoms with Gasteiger partial charge in [0.25, 0.3) is 0 Å². The number of carboxylic acid groups (broad SMARTS) is 1. The van der Waals surface area contributed by atoms with Crippen molar-refractivity contribution in [1.29, 1.82) is 0 Å². The molecule has 0 heterocycles. The summed E-state index contributed by atoms with van der Waals surface area (Å²) >= 11 is 0. The van der Waals surface area contributed by atoms with Gasteiger partial charge in [0.1, 0.15) is 12.6 Å². The van der Waals surface area contributed by atoms with Crippen molar-refractivity contribution in [2.45, 2.75) is 63.3 Å². The van der Waals surface area contributed by atoms with Crippen LogP contribution in [0, 0.1) is 5.92 Å². The number of nitrogens with one attached hydrogen (secondary N) is 1. The fourth-order valence-corrected chi connectivity index (χ4v) is 5.13. The SMILES string of the molecule is O=C(N[C@@H](CCCC1CCCCC1)C(=O)O)OCC1c2ccccc2-c2ccccc21. The molecule has 0 radical (unpaired) electrons. The summed E-state index contributed by atoms with van der Waals surface area (Å²) in [7, 11) is 0. The second-order valence-corrected chi connectivity index (χ2v) is 8.80. The number of rotatable bonds is 8. The predicted molar refractivity (Wildman–Crippen MR) is 120 cm³/mol. The minimum absolute atomic E-state index is 0.0345. The van der Waals surface area contributed by atoms with Gasteiger partial charge in [0.05, 0.1) is 0 Å². The normalized spacial score (nSPS) is 16.9. The Hall–Kier alpha value is -2.82. The first-order valence-electron chi connectivity index (χ1n) is 11.5. The van der Waals surface area contributed by atoms with E-state index in [1.165, 1.54) is 43.2 Å². The second-order valence-electron chi connectivity index (χ2n) is 8.80. The third-order valence-corrected chi connectivity index (χ3v) is 6.76.